The zero-order valence-corrected chi connectivity index (χ0v) is 14.0. The van der Waals surface area contributed by atoms with Crippen molar-refractivity contribution in [3.63, 3.8) is 0 Å². The second kappa shape index (κ2) is 6.97. The van der Waals surface area contributed by atoms with E-state index in [1.165, 1.54) is 84.0 Å². The summed E-state index contributed by atoms with van der Waals surface area (Å²) in [5.41, 5.74) is 6.70. The first-order chi connectivity index (χ1) is 10.3. The monoisotopic (exact) mass is 293 g/mol. The molecule has 1 saturated carbocycles. The van der Waals surface area contributed by atoms with E-state index in [1.807, 2.05) is 0 Å². The predicted molar refractivity (Wildman–Crippen MR) is 89.4 cm³/mol. The zero-order valence-electron chi connectivity index (χ0n) is 14.0. The molecule has 0 spiro atoms. The van der Waals surface area contributed by atoms with Gasteiger partial charge in [-0.25, -0.2) is 0 Å². The van der Waals surface area contributed by atoms with Gasteiger partial charge in [0.25, 0.3) is 0 Å². The van der Waals surface area contributed by atoms with Crippen LogP contribution in [-0.4, -0.2) is 54.1 Å². The van der Waals surface area contributed by atoms with Crippen LogP contribution >= 0.6 is 0 Å². The van der Waals surface area contributed by atoms with Crippen LogP contribution < -0.4 is 5.73 Å². The first-order valence-electron chi connectivity index (χ1n) is 9.48. The number of piperidine rings is 1. The van der Waals surface area contributed by atoms with Crippen LogP contribution in [0.15, 0.2) is 0 Å². The van der Waals surface area contributed by atoms with Crippen molar-refractivity contribution in [1.29, 1.82) is 0 Å². The van der Waals surface area contributed by atoms with Gasteiger partial charge < -0.3 is 10.6 Å². The van der Waals surface area contributed by atoms with E-state index < -0.39 is 0 Å². The normalized spacial score (nSPS) is 39.7. The highest BCUT2D eigenvalue weighted by molar-refractivity contribution is 5.01. The maximum atomic E-state index is 6.39. The molecule has 2 N–H and O–H groups in total. The third-order valence-electron chi connectivity index (χ3n) is 6.69. The molecule has 3 rings (SSSR count). The van der Waals surface area contributed by atoms with Gasteiger partial charge >= 0.3 is 0 Å². The number of likely N-dealkylation sites (tertiary alicyclic amines) is 2. The Labute approximate surface area is 131 Å². The number of nitrogens with two attached hydrogens (primary N) is 1. The third kappa shape index (κ3) is 3.16. The topological polar surface area (TPSA) is 32.5 Å². The number of rotatable bonds is 3. The number of hydrogen-bond donors (Lipinski definition) is 1. The van der Waals surface area contributed by atoms with E-state index in [0.29, 0.717) is 5.54 Å². The Morgan fingerprint density at radius 2 is 1.76 bits per heavy atom. The summed E-state index contributed by atoms with van der Waals surface area (Å²) in [6, 6.07) is 0.851. The second-order valence-corrected chi connectivity index (χ2v) is 7.66. The van der Waals surface area contributed by atoms with Crippen LogP contribution in [0.3, 0.4) is 0 Å². The van der Waals surface area contributed by atoms with Gasteiger partial charge in [-0.15, -0.1) is 0 Å². The number of hydrogen-bond acceptors (Lipinski definition) is 3. The fourth-order valence-electron chi connectivity index (χ4n) is 5.37. The van der Waals surface area contributed by atoms with Gasteiger partial charge in [-0.05, 0) is 77.0 Å². The van der Waals surface area contributed by atoms with Crippen molar-refractivity contribution in [2.24, 2.45) is 11.7 Å². The quantitative estimate of drug-likeness (QED) is 0.868. The van der Waals surface area contributed by atoms with Gasteiger partial charge in [0.15, 0.2) is 0 Å². The van der Waals surface area contributed by atoms with Crippen LogP contribution in [0.25, 0.3) is 0 Å². The molecule has 3 atom stereocenters. The molecule has 2 heterocycles. The molecule has 2 aliphatic heterocycles. The summed E-state index contributed by atoms with van der Waals surface area (Å²) < 4.78 is 0. The summed E-state index contributed by atoms with van der Waals surface area (Å²) >= 11 is 0. The molecule has 3 unspecified atom stereocenters. The molecule has 1 aliphatic carbocycles. The SMILES string of the molecule is CCN1CCCC(CN)(N2CCCC3CCCCC32)CC1. The average Bonchev–Trinajstić information content (AvgIpc) is 2.77. The highest BCUT2D eigenvalue weighted by Gasteiger charge is 2.44. The Bertz CT molecular complexity index is 330. The van der Waals surface area contributed by atoms with Crippen molar-refractivity contribution in [2.45, 2.75) is 76.3 Å². The second-order valence-electron chi connectivity index (χ2n) is 7.66. The van der Waals surface area contributed by atoms with E-state index in [9.17, 15) is 0 Å². The van der Waals surface area contributed by atoms with Crippen LogP contribution in [0.2, 0.25) is 0 Å². The molecule has 0 bridgehead atoms. The molecule has 3 heteroatoms. The maximum absolute atomic E-state index is 6.39. The summed E-state index contributed by atoms with van der Waals surface area (Å²) in [6.07, 6.45) is 12.6. The first-order valence-corrected chi connectivity index (χ1v) is 9.48. The molecule has 0 radical (unpaired) electrons. The molecule has 122 valence electrons. The van der Waals surface area contributed by atoms with Gasteiger partial charge in [0.1, 0.15) is 0 Å². The largest absolute Gasteiger partial charge is 0.329 e. The molecule has 3 nitrogen and oxygen atoms in total. The van der Waals surface area contributed by atoms with Crippen molar-refractivity contribution in [1.82, 2.24) is 9.80 Å². The van der Waals surface area contributed by atoms with E-state index >= 15 is 0 Å². The minimum Gasteiger partial charge on any atom is -0.329 e. The highest BCUT2D eigenvalue weighted by atomic mass is 15.3. The molecule has 21 heavy (non-hydrogen) atoms. The lowest BCUT2D eigenvalue weighted by Crippen LogP contribution is -2.62. The van der Waals surface area contributed by atoms with Crippen LogP contribution in [0, 0.1) is 5.92 Å². The number of fused-ring (bicyclic) bond motifs is 1. The molecular weight excluding hydrogens is 258 g/mol. The van der Waals surface area contributed by atoms with Crippen LogP contribution in [0.4, 0.5) is 0 Å². The molecule has 0 amide bonds. The predicted octanol–water partition coefficient (Wildman–Crippen LogP) is 2.84. The Hall–Kier alpha value is -0.120. The summed E-state index contributed by atoms with van der Waals surface area (Å²) in [5, 5.41) is 0. The summed E-state index contributed by atoms with van der Waals surface area (Å²) in [5.74, 6) is 0.974. The van der Waals surface area contributed by atoms with Gasteiger partial charge in [0, 0.05) is 18.1 Å². The molecule has 0 aromatic heterocycles. The van der Waals surface area contributed by atoms with Crippen molar-refractivity contribution < 1.29 is 0 Å². The summed E-state index contributed by atoms with van der Waals surface area (Å²) in [6.45, 7) is 8.21. The van der Waals surface area contributed by atoms with E-state index in [0.717, 1.165) is 18.5 Å². The Balaban J connectivity index is 1.77. The fraction of sp³-hybridized carbons (Fsp3) is 1.00. The van der Waals surface area contributed by atoms with E-state index in [1.54, 1.807) is 0 Å². The zero-order chi connectivity index (χ0) is 14.7. The highest BCUT2D eigenvalue weighted by Crippen LogP contribution is 2.41. The van der Waals surface area contributed by atoms with Crippen molar-refractivity contribution in [3.05, 3.63) is 0 Å². The molecule has 0 aromatic carbocycles. The standard InChI is InChI=1S/C18H35N3/c1-2-20-12-6-10-18(15-19,11-14-20)21-13-5-8-16-7-3-4-9-17(16)21/h16-17H,2-15,19H2,1H3. The lowest BCUT2D eigenvalue weighted by molar-refractivity contribution is -0.0327. The van der Waals surface area contributed by atoms with Crippen LogP contribution in [0.5, 0.6) is 0 Å². The summed E-state index contributed by atoms with van der Waals surface area (Å²) in [7, 11) is 0. The van der Waals surface area contributed by atoms with E-state index in [-0.39, 0.29) is 0 Å². The minimum absolute atomic E-state index is 0.310. The Morgan fingerprint density at radius 1 is 0.952 bits per heavy atom. The molecule has 0 aromatic rings. The molecule has 3 aliphatic rings. The van der Waals surface area contributed by atoms with Crippen molar-refractivity contribution in [2.75, 3.05) is 32.7 Å². The van der Waals surface area contributed by atoms with Gasteiger partial charge in [0.05, 0.1) is 0 Å². The average molecular weight is 293 g/mol. The fourth-order valence-corrected chi connectivity index (χ4v) is 5.37. The summed E-state index contributed by atoms with van der Waals surface area (Å²) in [4.78, 5) is 5.54. The first kappa shape index (κ1) is 15.8. The van der Waals surface area contributed by atoms with E-state index in [2.05, 4.69) is 16.7 Å². The van der Waals surface area contributed by atoms with Crippen molar-refractivity contribution in [3.8, 4) is 0 Å². The lowest BCUT2D eigenvalue weighted by atomic mass is 9.74. The minimum atomic E-state index is 0.310. The number of nitrogens with zero attached hydrogens (tertiary/aromatic N) is 2. The molecular formula is C18H35N3. The van der Waals surface area contributed by atoms with Gasteiger partial charge in [-0.1, -0.05) is 19.8 Å². The smallest absolute Gasteiger partial charge is 0.0347 e. The van der Waals surface area contributed by atoms with Crippen LogP contribution in [0.1, 0.15) is 64.7 Å². The van der Waals surface area contributed by atoms with Gasteiger partial charge in [0.2, 0.25) is 0 Å². The molecule has 2 saturated heterocycles. The van der Waals surface area contributed by atoms with Crippen LogP contribution in [-0.2, 0) is 0 Å². The van der Waals surface area contributed by atoms with E-state index in [4.69, 9.17) is 5.73 Å². The van der Waals surface area contributed by atoms with Gasteiger partial charge in [-0.2, -0.15) is 0 Å². The molecule has 3 fully saturated rings. The Morgan fingerprint density at radius 3 is 2.57 bits per heavy atom. The Kier molecular flexibility index (Phi) is 5.23. The third-order valence-corrected chi connectivity index (χ3v) is 6.69. The lowest BCUT2D eigenvalue weighted by Gasteiger charge is -2.53. The van der Waals surface area contributed by atoms with Gasteiger partial charge in [-0.3, -0.25) is 4.90 Å². The van der Waals surface area contributed by atoms with Crippen molar-refractivity contribution >= 4 is 0 Å². The maximum Gasteiger partial charge on any atom is 0.0347 e.